The fourth-order valence-electron chi connectivity index (χ4n) is 2.05. The number of nitrogens with zero attached hydrogens (tertiary/aromatic N) is 1. The van der Waals surface area contributed by atoms with Crippen molar-refractivity contribution in [1.82, 2.24) is 0 Å². The standard InChI is InChI=1S/C13H14ClNO2/c1-2-3-4-8-15-11-9(12(16)13(15)17)6-5-7-10(11)14/h5-7H,2-4,8H2,1H3. The number of carbonyl (C=O) groups is 2. The van der Waals surface area contributed by atoms with Crippen molar-refractivity contribution in [3.63, 3.8) is 0 Å². The first kappa shape index (κ1) is 12.1. The fraction of sp³-hybridized carbons (Fsp3) is 0.385. The van der Waals surface area contributed by atoms with E-state index in [9.17, 15) is 9.59 Å². The monoisotopic (exact) mass is 251 g/mol. The lowest BCUT2D eigenvalue weighted by molar-refractivity contribution is -0.114. The molecule has 90 valence electrons. The van der Waals surface area contributed by atoms with Crippen LogP contribution >= 0.6 is 11.6 Å². The number of anilines is 1. The summed E-state index contributed by atoms with van der Waals surface area (Å²) in [4.78, 5) is 25.1. The SMILES string of the molecule is CCCCCN1C(=O)C(=O)c2cccc(Cl)c21. The van der Waals surface area contributed by atoms with Crippen molar-refractivity contribution in [2.45, 2.75) is 26.2 Å². The number of fused-ring (bicyclic) bond motifs is 1. The molecule has 1 amide bonds. The molecule has 17 heavy (non-hydrogen) atoms. The topological polar surface area (TPSA) is 37.4 Å². The summed E-state index contributed by atoms with van der Waals surface area (Å²) in [5.74, 6) is -0.900. The van der Waals surface area contributed by atoms with E-state index in [2.05, 4.69) is 6.92 Å². The van der Waals surface area contributed by atoms with Crippen molar-refractivity contribution in [2.75, 3.05) is 11.4 Å². The van der Waals surface area contributed by atoms with Gasteiger partial charge in [-0.15, -0.1) is 0 Å². The van der Waals surface area contributed by atoms with Crippen molar-refractivity contribution >= 4 is 29.0 Å². The molecule has 0 unspecified atom stereocenters. The molecular weight excluding hydrogens is 238 g/mol. The van der Waals surface area contributed by atoms with E-state index in [-0.39, 0.29) is 0 Å². The van der Waals surface area contributed by atoms with E-state index in [1.54, 1.807) is 18.2 Å². The summed E-state index contributed by atoms with van der Waals surface area (Å²) in [6, 6.07) is 5.06. The molecule has 1 aliphatic heterocycles. The Bertz CT molecular complexity index is 470. The van der Waals surface area contributed by atoms with Crippen LogP contribution in [0.15, 0.2) is 18.2 Å². The Balaban J connectivity index is 2.30. The first-order valence-electron chi connectivity index (χ1n) is 5.81. The molecule has 1 aromatic carbocycles. The molecule has 0 aliphatic carbocycles. The summed E-state index contributed by atoms with van der Waals surface area (Å²) < 4.78 is 0. The van der Waals surface area contributed by atoms with Crippen LogP contribution in [0.1, 0.15) is 36.5 Å². The maximum Gasteiger partial charge on any atom is 0.299 e. The Morgan fingerprint density at radius 3 is 2.71 bits per heavy atom. The molecule has 1 aliphatic rings. The Kier molecular flexibility index (Phi) is 3.48. The van der Waals surface area contributed by atoms with Crippen molar-refractivity contribution < 1.29 is 9.59 Å². The van der Waals surface area contributed by atoms with E-state index in [1.165, 1.54) is 4.90 Å². The molecule has 0 bridgehead atoms. The molecule has 2 rings (SSSR count). The highest BCUT2D eigenvalue weighted by Crippen LogP contribution is 2.35. The van der Waals surface area contributed by atoms with Crippen LogP contribution in [0.2, 0.25) is 5.02 Å². The third-order valence-corrected chi connectivity index (χ3v) is 3.23. The van der Waals surface area contributed by atoms with Gasteiger partial charge in [0.2, 0.25) is 0 Å². The van der Waals surface area contributed by atoms with Crippen molar-refractivity contribution in [2.24, 2.45) is 0 Å². The van der Waals surface area contributed by atoms with Crippen LogP contribution in [0.25, 0.3) is 0 Å². The minimum Gasteiger partial charge on any atom is -0.303 e. The first-order chi connectivity index (χ1) is 8.16. The van der Waals surface area contributed by atoms with Gasteiger partial charge in [-0.05, 0) is 18.6 Å². The lowest BCUT2D eigenvalue weighted by Gasteiger charge is -2.17. The maximum atomic E-state index is 11.8. The van der Waals surface area contributed by atoms with Gasteiger partial charge < -0.3 is 4.90 Å². The molecule has 1 aromatic rings. The molecule has 0 fully saturated rings. The number of hydrogen-bond donors (Lipinski definition) is 0. The Morgan fingerprint density at radius 1 is 1.24 bits per heavy atom. The highest BCUT2D eigenvalue weighted by molar-refractivity contribution is 6.54. The summed E-state index contributed by atoms with van der Waals surface area (Å²) in [5.41, 5.74) is 1.01. The summed E-state index contributed by atoms with van der Waals surface area (Å²) in [5, 5.41) is 0.471. The average molecular weight is 252 g/mol. The normalized spacial score (nSPS) is 14.4. The third-order valence-electron chi connectivity index (χ3n) is 2.93. The second-order valence-corrected chi connectivity index (χ2v) is 4.54. The van der Waals surface area contributed by atoms with E-state index in [1.807, 2.05) is 0 Å². The second-order valence-electron chi connectivity index (χ2n) is 4.13. The van der Waals surface area contributed by atoms with E-state index >= 15 is 0 Å². The molecule has 0 saturated carbocycles. The molecule has 0 atom stereocenters. The second kappa shape index (κ2) is 4.88. The lowest BCUT2D eigenvalue weighted by atomic mass is 10.1. The third kappa shape index (κ3) is 2.07. The van der Waals surface area contributed by atoms with Gasteiger partial charge in [-0.3, -0.25) is 9.59 Å². The minimum atomic E-state index is -0.454. The zero-order valence-corrected chi connectivity index (χ0v) is 10.5. The zero-order valence-electron chi connectivity index (χ0n) is 9.70. The summed E-state index contributed by atoms with van der Waals surface area (Å²) in [7, 11) is 0. The maximum absolute atomic E-state index is 11.8. The van der Waals surface area contributed by atoms with Gasteiger partial charge in [-0.25, -0.2) is 0 Å². The lowest BCUT2D eigenvalue weighted by Crippen LogP contribution is -2.30. The Labute approximate surface area is 105 Å². The van der Waals surface area contributed by atoms with E-state index in [0.717, 1.165) is 19.3 Å². The van der Waals surface area contributed by atoms with Crippen LogP contribution < -0.4 is 4.90 Å². The molecule has 0 saturated heterocycles. The molecular formula is C13H14ClNO2. The number of amides is 1. The summed E-state index contributed by atoms with van der Waals surface area (Å²) in [6.45, 7) is 2.66. The highest BCUT2D eigenvalue weighted by atomic mass is 35.5. The van der Waals surface area contributed by atoms with Gasteiger partial charge in [0.1, 0.15) is 0 Å². The molecule has 4 heteroatoms. The average Bonchev–Trinajstić information content (AvgIpc) is 2.56. The molecule has 0 aromatic heterocycles. The number of carbonyl (C=O) groups excluding carboxylic acids is 2. The Morgan fingerprint density at radius 2 is 2.00 bits per heavy atom. The summed E-state index contributed by atoms with van der Waals surface area (Å²) in [6.07, 6.45) is 3.00. The van der Waals surface area contributed by atoms with Crippen LogP contribution in [0.4, 0.5) is 5.69 Å². The molecule has 0 radical (unpaired) electrons. The smallest absolute Gasteiger partial charge is 0.299 e. The summed E-state index contributed by atoms with van der Waals surface area (Å²) >= 11 is 6.06. The molecule has 1 heterocycles. The predicted molar refractivity (Wildman–Crippen MR) is 67.7 cm³/mol. The van der Waals surface area contributed by atoms with E-state index in [4.69, 9.17) is 11.6 Å². The minimum absolute atomic E-state index is 0.430. The molecule has 3 nitrogen and oxygen atoms in total. The number of ketones is 1. The molecule has 0 spiro atoms. The van der Waals surface area contributed by atoms with Crippen LogP contribution in [0.3, 0.4) is 0 Å². The van der Waals surface area contributed by atoms with Gasteiger partial charge in [0.25, 0.3) is 11.7 Å². The largest absolute Gasteiger partial charge is 0.303 e. The number of Topliss-reactive ketones (excluding diaryl/α,β-unsaturated/α-hetero) is 1. The van der Waals surface area contributed by atoms with Crippen LogP contribution in [0, 0.1) is 0 Å². The van der Waals surface area contributed by atoms with Crippen LogP contribution in [0.5, 0.6) is 0 Å². The van der Waals surface area contributed by atoms with Gasteiger partial charge in [0.15, 0.2) is 0 Å². The fourth-order valence-corrected chi connectivity index (χ4v) is 2.32. The van der Waals surface area contributed by atoms with Gasteiger partial charge in [0, 0.05) is 6.54 Å². The van der Waals surface area contributed by atoms with Crippen molar-refractivity contribution in [3.8, 4) is 0 Å². The quantitative estimate of drug-likeness (QED) is 0.609. The van der Waals surface area contributed by atoms with E-state index in [0.29, 0.717) is 22.8 Å². The van der Waals surface area contributed by atoms with E-state index < -0.39 is 11.7 Å². The van der Waals surface area contributed by atoms with Gasteiger partial charge in [-0.1, -0.05) is 37.4 Å². The predicted octanol–water partition coefficient (Wildman–Crippen LogP) is 3.06. The first-order valence-corrected chi connectivity index (χ1v) is 6.19. The number of benzene rings is 1. The number of rotatable bonds is 4. The Hall–Kier alpha value is -1.35. The van der Waals surface area contributed by atoms with Crippen molar-refractivity contribution in [3.05, 3.63) is 28.8 Å². The highest BCUT2D eigenvalue weighted by Gasteiger charge is 2.36. The van der Waals surface area contributed by atoms with Gasteiger partial charge in [0.05, 0.1) is 16.3 Å². The van der Waals surface area contributed by atoms with Gasteiger partial charge >= 0.3 is 0 Å². The zero-order chi connectivity index (χ0) is 12.4. The van der Waals surface area contributed by atoms with Crippen molar-refractivity contribution in [1.29, 1.82) is 0 Å². The molecule has 0 N–H and O–H groups in total. The number of hydrogen-bond acceptors (Lipinski definition) is 2. The van der Waals surface area contributed by atoms with Crippen LogP contribution in [-0.4, -0.2) is 18.2 Å². The van der Waals surface area contributed by atoms with Gasteiger partial charge in [-0.2, -0.15) is 0 Å². The van der Waals surface area contributed by atoms with Crippen LogP contribution in [-0.2, 0) is 4.79 Å². The number of halogens is 1. The number of para-hydroxylation sites is 1. The number of unbranched alkanes of at least 4 members (excludes halogenated alkanes) is 2.